The zero-order valence-corrected chi connectivity index (χ0v) is 11.9. The third kappa shape index (κ3) is 4.23. The van der Waals surface area contributed by atoms with E-state index in [0.717, 1.165) is 24.3 Å². The normalized spacial score (nSPS) is 11.0. The Morgan fingerprint density at radius 3 is 2.82 bits per heavy atom. The number of anilines is 1. The topological polar surface area (TPSA) is 56.1 Å². The van der Waals surface area contributed by atoms with E-state index in [1.54, 1.807) is 18.0 Å². The lowest BCUT2D eigenvalue weighted by atomic mass is 10.2. The van der Waals surface area contributed by atoms with Gasteiger partial charge in [-0.1, -0.05) is 6.07 Å². The van der Waals surface area contributed by atoms with Gasteiger partial charge in [0.15, 0.2) is 0 Å². The quantitative estimate of drug-likeness (QED) is 0.834. The van der Waals surface area contributed by atoms with Crippen molar-refractivity contribution in [2.24, 2.45) is 0 Å². The van der Waals surface area contributed by atoms with E-state index in [0.29, 0.717) is 18.8 Å². The molecule has 116 valence electrons. The number of carbonyl (C=O) groups excluding carboxylic acids is 1. The number of methoxy groups -OCH3 is 1. The summed E-state index contributed by atoms with van der Waals surface area (Å²) in [5, 5.41) is 6.58. The monoisotopic (exact) mass is 307 g/mol. The summed E-state index contributed by atoms with van der Waals surface area (Å²) in [4.78, 5) is 11.7. The predicted octanol–water partition coefficient (Wildman–Crippen LogP) is 2.46. The number of halogens is 2. The number of amides is 1. The fourth-order valence-electron chi connectivity index (χ4n) is 1.75. The second-order valence-corrected chi connectivity index (χ2v) is 4.44. The molecule has 0 unspecified atom stereocenters. The van der Waals surface area contributed by atoms with E-state index in [9.17, 15) is 13.6 Å². The van der Waals surface area contributed by atoms with Crippen molar-refractivity contribution in [3.63, 3.8) is 0 Å². The van der Waals surface area contributed by atoms with Crippen LogP contribution >= 0.6 is 0 Å². The van der Waals surface area contributed by atoms with Gasteiger partial charge in [0.25, 0.3) is 0 Å². The molecule has 2 rings (SSSR count). The van der Waals surface area contributed by atoms with Gasteiger partial charge in [-0.25, -0.2) is 8.78 Å². The highest BCUT2D eigenvalue weighted by atomic mass is 19.1. The van der Waals surface area contributed by atoms with Crippen LogP contribution in [0.25, 0.3) is 6.08 Å². The first-order valence-corrected chi connectivity index (χ1v) is 6.54. The van der Waals surface area contributed by atoms with Crippen LogP contribution in [-0.2, 0) is 16.1 Å². The maximum Gasteiger partial charge on any atom is 0.248 e. The van der Waals surface area contributed by atoms with Crippen molar-refractivity contribution < 1.29 is 18.3 Å². The molecular weight excluding hydrogens is 292 g/mol. The molecule has 0 aliphatic heterocycles. The van der Waals surface area contributed by atoms with E-state index in [2.05, 4.69) is 10.4 Å². The number of aromatic nitrogens is 2. The van der Waals surface area contributed by atoms with Gasteiger partial charge in [0.1, 0.15) is 11.6 Å². The summed E-state index contributed by atoms with van der Waals surface area (Å²) in [6, 6.07) is 3.51. The molecule has 0 spiro atoms. The molecule has 0 bridgehead atoms. The Balaban J connectivity index is 1.98. The van der Waals surface area contributed by atoms with Gasteiger partial charge in [-0.15, -0.1) is 0 Å². The minimum absolute atomic E-state index is 0.256. The lowest BCUT2D eigenvalue weighted by Crippen LogP contribution is -2.07. The summed E-state index contributed by atoms with van der Waals surface area (Å²) in [6.07, 6.45) is 5.27. The van der Waals surface area contributed by atoms with E-state index in [1.807, 2.05) is 0 Å². The van der Waals surface area contributed by atoms with Crippen molar-refractivity contribution in [1.29, 1.82) is 0 Å². The lowest BCUT2D eigenvalue weighted by Gasteiger charge is -2.00. The van der Waals surface area contributed by atoms with E-state index >= 15 is 0 Å². The average molecular weight is 307 g/mol. The Labute approximate surface area is 126 Å². The number of nitrogens with one attached hydrogen (secondary N) is 1. The first-order chi connectivity index (χ1) is 10.6. The average Bonchev–Trinajstić information content (AvgIpc) is 2.92. The van der Waals surface area contributed by atoms with Crippen molar-refractivity contribution in [2.45, 2.75) is 6.54 Å². The van der Waals surface area contributed by atoms with Gasteiger partial charge >= 0.3 is 0 Å². The van der Waals surface area contributed by atoms with Crippen LogP contribution in [0.15, 0.2) is 36.7 Å². The minimum atomic E-state index is -0.726. The van der Waals surface area contributed by atoms with Crippen LogP contribution in [-0.4, -0.2) is 29.4 Å². The van der Waals surface area contributed by atoms with Crippen LogP contribution in [0.4, 0.5) is 14.5 Å². The second kappa shape index (κ2) is 7.46. The van der Waals surface area contributed by atoms with Crippen molar-refractivity contribution in [2.75, 3.05) is 19.0 Å². The van der Waals surface area contributed by atoms with Crippen molar-refractivity contribution >= 4 is 17.7 Å². The molecule has 7 heteroatoms. The number of nitrogens with zero attached hydrogens (tertiary/aromatic N) is 2. The third-order valence-corrected chi connectivity index (χ3v) is 2.83. The number of rotatable bonds is 6. The Bertz CT molecular complexity index is 663. The first kappa shape index (κ1) is 15.8. The molecule has 0 aliphatic rings. The van der Waals surface area contributed by atoms with Crippen molar-refractivity contribution in [3.8, 4) is 0 Å². The number of hydrogen-bond acceptors (Lipinski definition) is 3. The molecule has 0 radical (unpaired) electrons. The highest BCUT2D eigenvalue weighted by Gasteiger charge is 2.06. The van der Waals surface area contributed by atoms with Crippen LogP contribution in [0.5, 0.6) is 0 Å². The maximum atomic E-state index is 13.4. The van der Waals surface area contributed by atoms with Gasteiger partial charge in [-0.2, -0.15) is 5.10 Å². The molecule has 2 aromatic rings. The zero-order valence-electron chi connectivity index (χ0n) is 11.9. The number of ether oxygens (including phenoxy) is 1. The smallest absolute Gasteiger partial charge is 0.248 e. The molecule has 1 amide bonds. The van der Waals surface area contributed by atoms with Gasteiger partial charge in [0, 0.05) is 24.9 Å². The minimum Gasteiger partial charge on any atom is -0.383 e. The molecule has 0 atom stereocenters. The molecule has 0 saturated carbocycles. The summed E-state index contributed by atoms with van der Waals surface area (Å²) in [6.45, 7) is 1.06. The fraction of sp³-hybridized carbons (Fsp3) is 0.200. The van der Waals surface area contributed by atoms with Gasteiger partial charge in [-0.05, 0) is 18.2 Å². The molecular formula is C15H15F2N3O2. The highest BCUT2D eigenvalue weighted by molar-refractivity contribution is 6.01. The molecule has 1 aromatic heterocycles. The van der Waals surface area contributed by atoms with Gasteiger partial charge < -0.3 is 10.1 Å². The molecule has 1 heterocycles. The molecule has 22 heavy (non-hydrogen) atoms. The molecule has 0 fully saturated rings. The fourth-order valence-corrected chi connectivity index (χ4v) is 1.75. The molecule has 0 saturated heterocycles. The van der Waals surface area contributed by atoms with Crippen LogP contribution in [0.1, 0.15) is 5.56 Å². The summed E-state index contributed by atoms with van der Waals surface area (Å²) in [5.74, 6) is -1.96. The Kier molecular flexibility index (Phi) is 5.37. The zero-order chi connectivity index (χ0) is 15.9. The standard InChI is InChI=1S/C15H15F2N3O2/c1-22-8-7-20-10-11(9-18-20)19-15(21)6-5-12-13(16)3-2-4-14(12)17/h2-6,9-10H,7-8H2,1H3,(H,19,21). The van der Waals surface area contributed by atoms with Gasteiger partial charge in [0.2, 0.25) is 5.91 Å². The molecule has 1 N–H and O–H groups in total. The van der Waals surface area contributed by atoms with Crippen molar-refractivity contribution in [3.05, 3.63) is 53.9 Å². The van der Waals surface area contributed by atoms with E-state index < -0.39 is 17.5 Å². The van der Waals surface area contributed by atoms with E-state index in [-0.39, 0.29) is 5.56 Å². The molecule has 0 aliphatic carbocycles. The highest BCUT2D eigenvalue weighted by Crippen LogP contribution is 2.14. The van der Waals surface area contributed by atoms with Gasteiger partial charge in [-0.3, -0.25) is 9.48 Å². The molecule has 1 aromatic carbocycles. The summed E-state index contributed by atoms with van der Waals surface area (Å²) >= 11 is 0. The van der Waals surface area contributed by atoms with Crippen LogP contribution in [0, 0.1) is 11.6 Å². The number of carbonyl (C=O) groups is 1. The summed E-state index contributed by atoms with van der Waals surface area (Å²) < 4.78 is 33.3. The van der Waals surface area contributed by atoms with E-state index in [1.165, 1.54) is 12.3 Å². The third-order valence-electron chi connectivity index (χ3n) is 2.83. The Hall–Kier alpha value is -2.54. The lowest BCUT2D eigenvalue weighted by molar-refractivity contribution is -0.111. The van der Waals surface area contributed by atoms with Crippen LogP contribution in [0.3, 0.4) is 0 Å². The van der Waals surface area contributed by atoms with E-state index in [4.69, 9.17) is 4.74 Å². The number of benzene rings is 1. The number of hydrogen-bond donors (Lipinski definition) is 1. The summed E-state index contributed by atoms with van der Waals surface area (Å²) in [7, 11) is 1.58. The van der Waals surface area contributed by atoms with Crippen LogP contribution in [0.2, 0.25) is 0 Å². The maximum absolute atomic E-state index is 13.4. The van der Waals surface area contributed by atoms with Gasteiger partial charge in [0.05, 0.1) is 25.0 Å². The first-order valence-electron chi connectivity index (χ1n) is 6.54. The Morgan fingerprint density at radius 2 is 2.14 bits per heavy atom. The SMILES string of the molecule is COCCn1cc(NC(=O)C=Cc2c(F)cccc2F)cn1. The van der Waals surface area contributed by atoms with Crippen molar-refractivity contribution in [1.82, 2.24) is 9.78 Å². The Morgan fingerprint density at radius 1 is 1.41 bits per heavy atom. The predicted molar refractivity (Wildman–Crippen MR) is 78.1 cm³/mol. The van der Waals surface area contributed by atoms with Crippen LogP contribution < -0.4 is 5.32 Å². The largest absolute Gasteiger partial charge is 0.383 e. The summed E-state index contributed by atoms with van der Waals surface area (Å²) in [5.41, 5.74) is 0.230. The second-order valence-electron chi connectivity index (χ2n) is 4.44. The molecule has 5 nitrogen and oxygen atoms in total.